The quantitative estimate of drug-likeness (QED) is 0.256. The number of carbonyl (C=O) groups excluding carboxylic acids is 4. The summed E-state index contributed by atoms with van der Waals surface area (Å²) in [5, 5.41) is 22.4. The first-order chi connectivity index (χ1) is 16.8. The van der Waals surface area contributed by atoms with Gasteiger partial charge < -0.3 is 34.5 Å². The van der Waals surface area contributed by atoms with Crippen molar-refractivity contribution < 1.29 is 56.8 Å². The fourth-order valence-electron chi connectivity index (χ4n) is 3.97. The zero-order valence-electron chi connectivity index (χ0n) is 20.1. The van der Waals surface area contributed by atoms with Gasteiger partial charge in [-0.25, -0.2) is 13.2 Å². The molecule has 3 N–H and O–H groups in total. The Bertz CT molecular complexity index is 1080. The number of sulfone groups is 1. The lowest BCUT2D eigenvalue weighted by Gasteiger charge is -2.48. The Kier molecular flexibility index (Phi) is 9.54. The number of rotatable bonds is 9. The Balaban J connectivity index is 2.84. The van der Waals surface area contributed by atoms with Crippen molar-refractivity contribution in [3.63, 3.8) is 0 Å². The van der Waals surface area contributed by atoms with Crippen LogP contribution in [-0.2, 0) is 48.0 Å². The highest BCUT2D eigenvalue weighted by Gasteiger charge is 2.64. The minimum absolute atomic E-state index is 0.347. The molecular formula is C22H29NO12S. The van der Waals surface area contributed by atoms with E-state index in [0.717, 1.165) is 27.9 Å². The van der Waals surface area contributed by atoms with E-state index in [1.807, 2.05) is 0 Å². The average molecular weight is 532 g/mol. The van der Waals surface area contributed by atoms with Crippen LogP contribution < -0.4 is 5.32 Å². The molecule has 0 spiro atoms. The third-order valence-electron chi connectivity index (χ3n) is 5.41. The van der Waals surface area contributed by atoms with Crippen LogP contribution in [0.15, 0.2) is 35.2 Å². The van der Waals surface area contributed by atoms with Gasteiger partial charge in [-0.2, -0.15) is 0 Å². The van der Waals surface area contributed by atoms with Gasteiger partial charge in [-0.3, -0.25) is 14.4 Å². The molecule has 0 unspecified atom stereocenters. The van der Waals surface area contributed by atoms with Gasteiger partial charge in [0.25, 0.3) is 4.93 Å². The third kappa shape index (κ3) is 6.00. The number of aliphatic hydroxyl groups excluding tert-OH is 2. The van der Waals surface area contributed by atoms with Gasteiger partial charge in [0.1, 0.15) is 18.3 Å². The van der Waals surface area contributed by atoms with Gasteiger partial charge in [0.15, 0.2) is 6.10 Å². The standard InChI is InChI=1S/C22H29NO12S/c1-12(25)23-18-17(33-13(2)26)10-22(21(29)32-4,36(30,31)15-8-6-5-7-9-15)35-20(18)19(16(28)11-24)34-14(3)27/h5-9,16-20,24,28H,10-11H2,1-4H3,(H,23,25)/t16-,17+,18-,19-,20-,22+/m1/s1. The molecule has 1 saturated heterocycles. The highest BCUT2D eigenvalue weighted by atomic mass is 32.2. The van der Waals surface area contributed by atoms with Gasteiger partial charge in [-0.1, -0.05) is 18.2 Å². The molecular weight excluding hydrogens is 502 g/mol. The van der Waals surface area contributed by atoms with Gasteiger partial charge >= 0.3 is 17.9 Å². The second-order valence-corrected chi connectivity index (χ2v) is 10.2. The van der Waals surface area contributed by atoms with Crippen LogP contribution in [0.4, 0.5) is 0 Å². The minimum atomic E-state index is -4.77. The van der Waals surface area contributed by atoms with Crippen LogP contribution in [-0.4, -0.2) is 91.6 Å². The first kappa shape index (κ1) is 29.2. The van der Waals surface area contributed by atoms with Gasteiger partial charge in [0.2, 0.25) is 15.7 Å². The summed E-state index contributed by atoms with van der Waals surface area (Å²) in [5.74, 6) is -3.92. The molecule has 1 amide bonds. The number of esters is 3. The van der Waals surface area contributed by atoms with Crippen molar-refractivity contribution in [2.75, 3.05) is 13.7 Å². The lowest BCUT2D eigenvalue weighted by Crippen LogP contribution is -2.70. The van der Waals surface area contributed by atoms with Crippen molar-refractivity contribution in [2.24, 2.45) is 0 Å². The maximum absolute atomic E-state index is 13.8. The molecule has 200 valence electrons. The maximum atomic E-state index is 13.8. The molecule has 1 heterocycles. The molecule has 0 aromatic heterocycles. The van der Waals surface area contributed by atoms with E-state index in [1.165, 1.54) is 30.3 Å². The molecule has 6 atom stereocenters. The van der Waals surface area contributed by atoms with E-state index in [1.54, 1.807) is 0 Å². The molecule has 2 rings (SSSR count). The molecule has 14 heteroatoms. The molecule has 1 aliphatic heterocycles. The fraction of sp³-hybridized carbons (Fsp3) is 0.545. The Morgan fingerprint density at radius 3 is 2.22 bits per heavy atom. The Hall–Kier alpha value is -3.07. The van der Waals surface area contributed by atoms with Gasteiger partial charge in [-0.05, 0) is 12.1 Å². The molecule has 13 nitrogen and oxygen atoms in total. The molecule has 0 radical (unpaired) electrons. The molecule has 1 aliphatic rings. The molecule has 1 aromatic rings. The van der Waals surface area contributed by atoms with E-state index in [-0.39, 0.29) is 4.90 Å². The Morgan fingerprint density at radius 1 is 1.14 bits per heavy atom. The zero-order chi connectivity index (χ0) is 27.3. The number of aliphatic hydroxyl groups is 2. The maximum Gasteiger partial charge on any atom is 0.354 e. The van der Waals surface area contributed by atoms with Crippen LogP contribution >= 0.6 is 0 Å². The first-order valence-electron chi connectivity index (χ1n) is 10.8. The largest absolute Gasteiger partial charge is 0.466 e. The van der Waals surface area contributed by atoms with E-state index < -0.39 is 82.1 Å². The summed E-state index contributed by atoms with van der Waals surface area (Å²) >= 11 is 0. The molecule has 1 aromatic carbocycles. The summed E-state index contributed by atoms with van der Waals surface area (Å²) in [7, 11) is -3.86. The monoisotopic (exact) mass is 531 g/mol. The summed E-state index contributed by atoms with van der Waals surface area (Å²) in [6.07, 6.45) is -7.82. The topological polar surface area (TPSA) is 192 Å². The van der Waals surface area contributed by atoms with E-state index in [0.29, 0.717) is 0 Å². The van der Waals surface area contributed by atoms with E-state index >= 15 is 0 Å². The number of carbonyl (C=O) groups is 4. The van der Waals surface area contributed by atoms with Crippen LogP contribution in [0.5, 0.6) is 0 Å². The third-order valence-corrected chi connectivity index (χ3v) is 7.60. The van der Waals surface area contributed by atoms with Crippen LogP contribution in [0.2, 0.25) is 0 Å². The fourth-order valence-corrected chi connectivity index (χ4v) is 5.79. The number of hydrogen-bond acceptors (Lipinski definition) is 12. The number of methoxy groups -OCH3 is 1. The SMILES string of the molecule is COC(=O)[C@@]1(S(=O)(=O)c2ccccc2)C[C@H](OC(C)=O)[C@@H](NC(C)=O)[C@H]([C@H](OC(C)=O)[C@H](O)CO)O1. The summed E-state index contributed by atoms with van der Waals surface area (Å²) in [6.45, 7) is 2.13. The summed E-state index contributed by atoms with van der Waals surface area (Å²) in [6, 6.07) is 5.33. The van der Waals surface area contributed by atoms with Gasteiger partial charge in [0, 0.05) is 27.2 Å². The van der Waals surface area contributed by atoms with Crippen LogP contribution in [0, 0.1) is 0 Å². The molecule has 1 fully saturated rings. The highest BCUT2D eigenvalue weighted by molar-refractivity contribution is 7.93. The van der Waals surface area contributed by atoms with E-state index in [2.05, 4.69) is 5.32 Å². The highest BCUT2D eigenvalue weighted by Crippen LogP contribution is 2.41. The second-order valence-electron chi connectivity index (χ2n) is 8.05. The van der Waals surface area contributed by atoms with Gasteiger partial charge in [0.05, 0.1) is 24.7 Å². The summed E-state index contributed by atoms with van der Waals surface area (Å²) in [4.78, 5) is 45.7. The lowest BCUT2D eigenvalue weighted by atomic mass is 9.89. The summed E-state index contributed by atoms with van der Waals surface area (Å²) in [5.41, 5.74) is 0. The van der Waals surface area contributed by atoms with Crippen LogP contribution in [0.1, 0.15) is 27.2 Å². The van der Waals surface area contributed by atoms with Crippen molar-refractivity contribution in [3.05, 3.63) is 30.3 Å². The van der Waals surface area contributed by atoms with E-state index in [9.17, 15) is 37.8 Å². The predicted octanol–water partition coefficient (Wildman–Crippen LogP) is -1.16. The number of hydrogen-bond donors (Lipinski definition) is 3. The summed E-state index contributed by atoms with van der Waals surface area (Å²) < 4.78 is 48.7. The van der Waals surface area contributed by atoms with E-state index in [4.69, 9.17) is 18.9 Å². The van der Waals surface area contributed by atoms with Crippen molar-refractivity contribution in [1.29, 1.82) is 0 Å². The molecule has 0 bridgehead atoms. The number of benzene rings is 1. The first-order valence-corrected chi connectivity index (χ1v) is 12.3. The van der Waals surface area contributed by atoms with Crippen LogP contribution in [0.3, 0.4) is 0 Å². The Morgan fingerprint density at radius 2 is 1.75 bits per heavy atom. The molecule has 36 heavy (non-hydrogen) atoms. The zero-order valence-corrected chi connectivity index (χ0v) is 20.9. The number of amides is 1. The van der Waals surface area contributed by atoms with Crippen molar-refractivity contribution in [2.45, 2.75) is 67.5 Å². The number of ether oxygens (including phenoxy) is 4. The lowest BCUT2D eigenvalue weighted by molar-refractivity contribution is -0.221. The smallest absolute Gasteiger partial charge is 0.354 e. The van der Waals surface area contributed by atoms with Gasteiger partial charge in [-0.15, -0.1) is 0 Å². The van der Waals surface area contributed by atoms with Crippen molar-refractivity contribution in [3.8, 4) is 0 Å². The minimum Gasteiger partial charge on any atom is -0.466 e. The normalized spacial score (nSPS) is 25.7. The second kappa shape index (κ2) is 11.8. The molecule has 0 saturated carbocycles. The Labute approximate surface area is 207 Å². The van der Waals surface area contributed by atoms with Crippen molar-refractivity contribution >= 4 is 33.7 Å². The van der Waals surface area contributed by atoms with Crippen LogP contribution in [0.25, 0.3) is 0 Å². The predicted molar refractivity (Wildman–Crippen MR) is 120 cm³/mol. The molecule has 0 aliphatic carbocycles. The number of nitrogens with one attached hydrogen (secondary N) is 1. The average Bonchev–Trinajstić information content (AvgIpc) is 2.82. The van der Waals surface area contributed by atoms with Crippen molar-refractivity contribution in [1.82, 2.24) is 5.32 Å².